The van der Waals surface area contributed by atoms with Crippen molar-refractivity contribution in [2.24, 2.45) is 0 Å². The van der Waals surface area contributed by atoms with E-state index in [0.29, 0.717) is 0 Å². The summed E-state index contributed by atoms with van der Waals surface area (Å²) in [4.78, 5) is 2.46. The number of nitrogens with zero attached hydrogens (tertiary/aromatic N) is 1. The van der Waals surface area contributed by atoms with Crippen LogP contribution in [0.3, 0.4) is 0 Å². The van der Waals surface area contributed by atoms with Gasteiger partial charge >= 0.3 is 0 Å². The molecule has 0 aromatic heterocycles. The summed E-state index contributed by atoms with van der Waals surface area (Å²) in [6.45, 7) is 5.55. The average molecular weight is 240 g/mol. The highest BCUT2D eigenvalue weighted by atomic mass is 35.5. The van der Waals surface area contributed by atoms with E-state index in [0.717, 1.165) is 32.7 Å². The van der Waals surface area contributed by atoms with Crippen LogP contribution in [0, 0.1) is 0 Å². The summed E-state index contributed by atoms with van der Waals surface area (Å²) in [7, 11) is 0. The first-order valence-electron chi connectivity index (χ1n) is 5.76. The Morgan fingerprint density at radius 3 is 2.69 bits per heavy atom. The second-order valence-electron chi connectivity index (χ2n) is 4.26. The van der Waals surface area contributed by atoms with Crippen LogP contribution >= 0.6 is 12.4 Å². The Kier molecular flexibility index (Phi) is 3.56. The molecule has 3 rings (SSSR count). The van der Waals surface area contributed by atoms with Gasteiger partial charge in [-0.2, -0.15) is 0 Å². The van der Waals surface area contributed by atoms with Gasteiger partial charge in [-0.3, -0.25) is 0 Å². The van der Waals surface area contributed by atoms with Gasteiger partial charge < -0.3 is 15.5 Å². The van der Waals surface area contributed by atoms with Gasteiger partial charge in [-0.05, 0) is 24.1 Å². The van der Waals surface area contributed by atoms with Gasteiger partial charge in [0.2, 0.25) is 0 Å². The van der Waals surface area contributed by atoms with Crippen molar-refractivity contribution in [3.05, 3.63) is 23.8 Å². The van der Waals surface area contributed by atoms with Crippen LogP contribution in [0.2, 0.25) is 0 Å². The molecule has 1 fully saturated rings. The molecule has 2 N–H and O–H groups in total. The molecule has 1 aromatic carbocycles. The van der Waals surface area contributed by atoms with Gasteiger partial charge in [0, 0.05) is 44.1 Å². The molecule has 0 unspecified atom stereocenters. The molecule has 1 aromatic rings. The predicted octanol–water partition coefficient (Wildman–Crippen LogP) is 1.49. The van der Waals surface area contributed by atoms with Crippen LogP contribution in [-0.4, -0.2) is 32.7 Å². The van der Waals surface area contributed by atoms with E-state index in [2.05, 4.69) is 33.7 Å². The van der Waals surface area contributed by atoms with Crippen molar-refractivity contribution in [1.29, 1.82) is 0 Å². The van der Waals surface area contributed by atoms with E-state index in [1.165, 1.54) is 23.4 Å². The minimum Gasteiger partial charge on any atom is -0.384 e. The lowest BCUT2D eigenvalue weighted by Crippen LogP contribution is -2.43. The molecule has 1 saturated heterocycles. The van der Waals surface area contributed by atoms with Gasteiger partial charge in [-0.1, -0.05) is 6.07 Å². The van der Waals surface area contributed by atoms with Gasteiger partial charge in [0.1, 0.15) is 0 Å². The van der Waals surface area contributed by atoms with Crippen molar-refractivity contribution in [2.75, 3.05) is 42.9 Å². The maximum Gasteiger partial charge on any atom is 0.0394 e. The summed E-state index contributed by atoms with van der Waals surface area (Å²) < 4.78 is 0. The maximum atomic E-state index is 3.44. The molecule has 0 saturated carbocycles. The highest BCUT2D eigenvalue weighted by Gasteiger charge is 2.14. The second kappa shape index (κ2) is 4.93. The topological polar surface area (TPSA) is 27.3 Å². The number of hydrogen-bond donors (Lipinski definition) is 2. The molecule has 16 heavy (non-hydrogen) atoms. The number of nitrogens with one attached hydrogen (secondary N) is 2. The maximum absolute atomic E-state index is 3.44. The molecule has 0 aliphatic carbocycles. The fraction of sp³-hybridized carbons (Fsp3) is 0.500. The molecule has 2 heterocycles. The van der Waals surface area contributed by atoms with Crippen molar-refractivity contribution in [1.82, 2.24) is 5.32 Å². The summed E-state index contributed by atoms with van der Waals surface area (Å²) in [6.07, 6.45) is 1.18. The summed E-state index contributed by atoms with van der Waals surface area (Å²) in [5.74, 6) is 0. The first kappa shape index (κ1) is 11.6. The zero-order valence-corrected chi connectivity index (χ0v) is 10.1. The Balaban J connectivity index is 0.000000963. The van der Waals surface area contributed by atoms with Gasteiger partial charge in [-0.25, -0.2) is 0 Å². The Hall–Kier alpha value is -0.930. The Morgan fingerprint density at radius 2 is 1.88 bits per heavy atom. The monoisotopic (exact) mass is 239 g/mol. The molecular weight excluding hydrogens is 222 g/mol. The summed E-state index contributed by atoms with van der Waals surface area (Å²) in [5, 5.41) is 6.82. The van der Waals surface area contributed by atoms with E-state index in [1.54, 1.807) is 0 Å². The standard InChI is InChI=1S/C12H17N3.ClH/c1-2-11(15-7-5-13-6-8-15)9-12-10(1)3-4-14-12;/h1-2,9,13-14H,3-8H2;1H. The number of rotatable bonds is 1. The van der Waals surface area contributed by atoms with E-state index < -0.39 is 0 Å². The van der Waals surface area contributed by atoms with Crippen molar-refractivity contribution in [2.45, 2.75) is 6.42 Å². The van der Waals surface area contributed by atoms with Crippen LogP contribution in [0.1, 0.15) is 5.56 Å². The molecule has 3 nitrogen and oxygen atoms in total. The van der Waals surface area contributed by atoms with E-state index in [1.807, 2.05) is 0 Å². The second-order valence-corrected chi connectivity index (χ2v) is 4.26. The van der Waals surface area contributed by atoms with Crippen molar-refractivity contribution < 1.29 is 0 Å². The van der Waals surface area contributed by atoms with Gasteiger partial charge in [-0.15, -0.1) is 12.4 Å². The van der Waals surface area contributed by atoms with E-state index in [9.17, 15) is 0 Å². The molecular formula is C12H18ClN3. The number of piperazine rings is 1. The Morgan fingerprint density at radius 1 is 1.06 bits per heavy atom. The zero-order valence-electron chi connectivity index (χ0n) is 9.33. The molecule has 4 heteroatoms. The summed E-state index contributed by atoms with van der Waals surface area (Å²) in [6, 6.07) is 6.83. The van der Waals surface area contributed by atoms with Gasteiger partial charge in [0.25, 0.3) is 0 Å². The van der Waals surface area contributed by atoms with E-state index in [-0.39, 0.29) is 12.4 Å². The third-order valence-corrected chi connectivity index (χ3v) is 3.29. The van der Waals surface area contributed by atoms with Crippen LogP contribution in [0.15, 0.2) is 18.2 Å². The van der Waals surface area contributed by atoms with Crippen molar-refractivity contribution in [3.63, 3.8) is 0 Å². The molecule has 0 amide bonds. The van der Waals surface area contributed by atoms with Gasteiger partial charge in [0.15, 0.2) is 0 Å². The lowest BCUT2D eigenvalue weighted by atomic mass is 10.1. The van der Waals surface area contributed by atoms with Crippen LogP contribution in [0.25, 0.3) is 0 Å². The normalized spacial score (nSPS) is 18.6. The van der Waals surface area contributed by atoms with Crippen LogP contribution in [0.4, 0.5) is 11.4 Å². The van der Waals surface area contributed by atoms with E-state index in [4.69, 9.17) is 0 Å². The lowest BCUT2D eigenvalue weighted by molar-refractivity contribution is 0.589. The van der Waals surface area contributed by atoms with Gasteiger partial charge in [0.05, 0.1) is 0 Å². The summed E-state index contributed by atoms with van der Waals surface area (Å²) in [5.41, 5.74) is 4.17. The van der Waals surface area contributed by atoms with Crippen molar-refractivity contribution in [3.8, 4) is 0 Å². The molecule has 0 atom stereocenters. The number of halogens is 1. The average Bonchev–Trinajstić information content (AvgIpc) is 2.77. The SMILES string of the molecule is Cl.c1cc2c(cc1N1CCNCC1)NCC2. The fourth-order valence-corrected chi connectivity index (χ4v) is 2.40. The molecule has 0 spiro atoms. The third-order valence-electron chi connectivity index (χ3n) is 3.29. The number of fused-ring (bicyclic) bond motifs is 1. The summed E-state index contributed by atoms with van der Waals surface area (Å²) >= 11 is 0. The Bertz CT molecular complexity index is 361. The predicted molar refractivity (Wildman–Crippen MR) is 71.0 cm³/mol. The van der Waals surface area contributed by atoms with Crippen LogP contribution < -0.4 is 15.5 Å². The number of anilines is 2. The quantitative estimate of drug-likeness (QED) is 0.778. The molecule has 88 valence electrons. The number of benzene rings is 1. The first-order chi connectivity index (χ1) is 7.43. The third kappa shape index (κ3) is 2.11. The zero-order chi connectivity index (χ0) is 10.1. The molecule has 2 aliphatic heterocycles. The molecule has 0 radical (unpaired) electrons. The number of hydrogen-bond acceptors (Lipinski definition) is 3. The highest BCUT2D eigenvalue weighted by molar-refractivity contribution is 5.85. The molecule has 0 bridgehead atoms. The molecule has 2 aliphatic rings. The minimum atomic E-state index is 0. The first-order valence-corrected chi connectivity index (χ1v) is 5.76. The minimum absolute atomic E-state index is 0. The Labute approximate surface area is 103 Å². The largest absolute Gasteiger partial charge is 0.384 e. The van der Waals surface area contributed by atoms with E-state index >= 15 is 0 Å². The van der Waals surface area contributed by atoms with Crippen molar-refractivity contribution >= 4 is 23.8 Å². The highest BCUT2D eigenvalue weighted by Crippen LogP contribution is 2.27. The van der Waals surface area contributed by atoms with Crippen LogP contribution in [0.5, 0.6) is 0 Å². The lowest BCUT2D eigenvalue weighted by Gasteiger charge is -2.29. The van der Waals surface area contributed by atoms with Crippen LogP contribution in [-0.2, 0) is 6.42 Å². The fourth-order valence-electron chi connectivity index (χ4n) is 2.40. The smallest absolute Gasteiger partial charge is 0.0394 e.